The number of rotatable bonds is 5. The van der Waals surface area contributed by atoms with Crippen LogP contribution in [-0.2, 0) is 15.1 Å². The maximum Gasteiger partial charge on any atom is 0.293 e. The van der Waals surface area contributed by atoms with Crippen LogP contribution in [0.25, 0.3) is 0 Å². The fraction of sp³-hybridized carbons (Fsp3) is 0.600. The Morgan fingerprint density at radius 2 is 2.15 bits per heavy atom. The minimum atomic E-state index is -0.556. The van der Waals surface area contributed by atoms with Crippen LogP contribution < -0.4 is 5.32 Å². The highest BCUT2D eigenvalue weighted by Gasteiger charge is 2.40. The van der Waals surface area contributed by atoms with Gasteiger partial charge in [0, 0.05) is 50.8 Å². The molecule has 1 fully saturated rings. The summed E-state index contributed by atoms with van der Waals surface area (Å²) in [7, 11) is 1.84. The van der Waals surface area contributed by atoms with Gasteiger partial charge in [0.1, 0.15) is 11.4 Å². The van der Waals surface area contributed by atoms with E-state index in [9.17, 15) is 4.79 Å². The van der Waals surface area contributed by atoms with Crippen molar-refractivity contribution in [2.75, 3.05) is 25.5 Å². The molecule has 0 spiro atoms. The molecule has 5 heteroatoms. The number of carbonyl (C=O) groups excluding carboxylic acids is 1. The zero-order valence-electron chi connectivity index (χ0n) is 12.4. The van der Waals surface area contributed by atoms with Crippen molar-refractivity contribution in [3.63, 3.8) is 0 Å². The second kappa shape index (κ2) is 6.22. The van der Waals surface area contributed by atoms with Crippen molar-refractivity contribution in [3.8, 4) is 0 Å². The highest BCUT2D eigenvalue weighted by Crippen LogP contribution is 2.39. The Balaban J connectivity index is 2.29. The number of likely N-dealkylation sites (tertiary alicyclic amines) is 1. The molecule has 2 heterocycles. The molecule has 0 aliphatic carbocycles. The molecular formula is C15H23N3O2. The topological polar surface area (TPSA) is 54.5 Å². The fourth-order valence-electron chi connectivity index (χ4n) is 2.92. The minimum absolute atomic E-state index is 0.516. The van der Waals surface area contributed by atoms with Crippen molar-refractivity contribution >= 4 is 12.3 Å². The average molecular weight is 277 g/mol. The van der Waals surface area contributed by atoms with Crippen molar-refractivity contribution in [3.05, 3.63) is 23.9 Å². The third-order valence-electron chi connectivity index (χ3n) is 4.15. The second-order valence-electron chi connectivity index (χ2n) is 5.49. The van der Waals surface area contributed by atoms with Crippen LogP contribution >= 0.6 is 0 Å². The number of aromatic nitrogens is 1. The number of piperidine rings is 1. The van der Waals surface area contributed by atoms with Gasteiger partial charge in [-0.2, -0.15) is 0 Å². The Morgan fingerprint density at radius 3 is 2.70 bits per heavy atom. The highest BCUT2D eigenvalue weighted by atomic mass is 16.5. The zero-order chi connectivity index (χ0) is 14.6. The molecule has 0 amide bonds. The summed E-state index contributed by atoms with van der Waals surface area (Å²) in [6.07, 6.45) is 3.34. The number of nitrogens with zero attached hydrogens (tertiary/aromatic N) is 2. The normalized spacial score (nSPS) is 18.8. The first-order valence-corrected chi connectivity index (χ1v) is 7.12. The van der Waals surface area contributed by atoms with Gasteiger partial charge >= 0.3 is 0 Å². The Bertz CT molecular complexity index is 454. The Hall–Kier alpha value is -1.62. The van der Waals surface area contributed by atoms with Crippen molar-refractivity contribution < 1.29 is 9.53 Å². The van der Waals surface area contributed by atoms with Crippen molar-refractivity contribution in [2.45, 2.75) is 38.3 Å². The van der Waals surface area contributed by atoms with Crippen LogP contribution in [0, 0.1) is 0 Å². The summed E-state index contributed by atoms with van der Waals surface area (Å²) in [5.74, 6) is 0.785. The average Bonchev–Trinajstić information content (AvgIpc) is 2.48. The smallest absolute Gasteiger partial charge is 0.293 e. The predicted molar refractivity (Wildman–Crippen MR) is 78.6 cm³/mol. The summed E-state index contributed by atoms with van der Waals surface area (Å²) in [6.45, 7) is 6.79. The number of carbonyl (C=O) groups is 1. The summed E-state index contributed by atoms with van der Waals surface area (Å²) in [5, 5.41) is 3.09. The molecule has 0 unspecified atom stereocenters. The van der Waals surface area contributed by atoms with Gasteiger partial charge in [0.15, 0.2) is 0 Å². The van der Waals surface area contributed by atoms with Gasteiger partial charge in [-0.25, -0.2) is 4.98 Å². The Kier molecular flexibility index (Phi) is 4.60. The van der Waals surface area contributed by atoms with Crippen LogP contribution in [0.1, 0.15) is 32.3 Å². The Morgan fingerprint density at radius 1 is 1.45 bits per heavy atom. The molecular weight excluding hydrogens is 254 g/mol. The van der Waals surface area contributed by atoms with Crippen LogP contribution in [0.3, 0.4) is 0 Å². The SMILES string of the molecule is CNc1ncccc1C1(OC=O)CCN(C(C)C)CC1. The molecule has 1 aliphatic heterocycles. The van der Waals surface area contributed by atoms with E-state index in [1.54, 1.807) is 6.20 Å². The molecule has 2 rings (SSSR count). The van der Waals surface area contributed by atoms with E-state index in [4.69, 9.17) is 4.74 Å². The summed E-state index contributed by atoms with van der Waals surface area (Å²) < 4.78 is 5.54. The van der Waals surface area contributed by atoms with Crippen LogP contribution in [0.4, 0.5) is 5.82 Å². The molecule has 1 N–H and O–H groups in total. The number of anilines is 1. The number of pyridine rings is 1. The van der Waals surface area contributed by atoms with E-state index < -0.39 is 5.60 Å². The summed E-state index contributed by atoms with van der Waals surface area (Å²) in [4.78, 5) is 17.7. The van der Waals surface area contributed by atoms with Crippen molar-refractivity contribution in [2.24, 2.45) is 0 Å². The number of hydrogen-bond acceptors (Lipinski definition) is 5. The van der Waals surface area contributed by atoms with Gasteiger partial charge in [-0.3, -0.25) is 4.79 Å². The minimum Gasteiger partial charge on any atom is -0.456 e. The largest absolute Gasteiger partial charge is 0.456 e. The lowest BCUT2D eigenvalue weighted by molar-refractivity contribution is -0.151. The number of hydrogen-bond donors (Lipinski definition) is 1. The molecule has 0 saturated carbocycles. The van der Waals surface area contributed by atoms with Crippen LogP contribution in [-0.4, -0.2) is 42.5 Å². The maximum atomic E-state index is 11.0. The van der Waals surface area contributed by atoms with E-state index in [1.807, 2.05) is 19.2 Å². The van der Waals surface area contributed by atoms with Crippen LogP contribution in [0.5, 0.6) is 0 Å². The maximum absolute atomic E-state index is 11.0. The third-order valence-corrected chi connectivity index (χ3v) is 4.15. The summed E-state index contributed by atoms with van der Waals surface area (Å²) in [6, 6.07) is 4.40. The van der Waals surface area contributed by atoms with Crippen LogP contribution in [0.15, 0.2) is 18.3 Å². The lowest BCUT2D eigenvalue weighted by Gasteiger charge is -2.42. The molecule has 0 aromatic carbocycles. The van der Waals surface area contributed by atoms with Gasteiger partial charge < -0.3 is 15.0 Å². The fourth-order valence-corrected chi connectivity index (χ4v) is 2.92. The highest BCUT2D eigenvalue weighted by molar-refractivity contribution is 5.50. The van der Waals surface area contributed by atoms with Gasteiger partial charge in [-0.15, -0.1) is 0 Å². The monoisotopic (exact) mass is 277 g/mol. The molecule has 1 saturated heterocycles. The molecule has 20 heavy (non-hydrogen) atoms. The molecule has 110 valence electrons. The van der Waals surface area contributed by atoms with Crippen molar-refractivity contribution in [1.29, 1.82) is 0 Å². The van der Waals surface area contributed by atoms with Gasteiger partial charge in [0.2, 0.25) is 0 Å². The van der Waals surface area contributed by atoms with Crippen LogP contribution in [0.2, 0.25) is 0 Å². The standard InChI is InChI=1S/C15H23N3O2/c1-12(2)18-9-6-15(7-10-18,20-11-19)13-5-4-8-17-14(13)16-3/h4-5,8,11-12H,6-7,9-10H2,1-3H3,(H,16,17). The molecule has 0 atom stereocenters. The number of ether oxygens (including phenoxy) is 1. The Labute approximate surface area is 120 Å². The van der Waals surface area contributed by atoms with Gasteiger partial charge in [0.05, 0.1) is 0 Å². The molecule has 0 radical (unpaired) electrons. The molecule has 5 nitrogen and oxygen atoms in total. The van der Waals surface area contributed by atoms with E-state index in [1.165, 1.54) is 0 Å². The number of nitrogens with one attached hydrogen (secondary N) is 1. The quantitative estimate of drug-likeness (QED) is 0.834. The first-order chi connectivity index (χ1) is 9.63. The third kappa shape index (κ3) is 2.77. The second-order valence-corrected chi connectivity index (χ2v) is 5.49. The van der Waals surface area contributed by atoms with E-state index in [2.05, 4.69) is 29.0 Å². The summed E-state index contributed by atoms with van der Waals surface area (Å²) in [5.41, 5.74) is 0.415. The lowest BCUT2D eigenvalue weighted by Crippen LogP contribution is -2.46. The molecule has 1 aliphatic rings. The van der Waals surface area contributed by atoms with Gasteiger partial charge in [0.25, 0.3) is 6.47 Å². The van der Waals surface area contributed by atoms with Gasteiger partial charge in [-0.05, 0) is 26.0 Å². The first kappa shape index (κ1) is 14.8. The van der Waals surface area contributed by atoms with E-state index in [-0.39, 0.29) is 0 Å². The zero-order valence-corrected chi connectivity index (χ0v) is 12.4. The van der Waals surface area contributed by atoms with Gasteiger partial charge in [-0.1, -0.05) is 0 Å². The van der Waals surface area contributed by atoms with E-state index in [0.29, 0.717) is 12.5 Å². The molecule has 1 aromatic rings. The summed E-state index contributed by atoms with van der Waals surface area (Å²) >= 11 is 0. The van der Waals surface area contributed by atoms with E-state index >= 15 is 0 Å². The molecule has 0 bridgehead atoms. The van der Waals surface area contributed by atoms with E-state index in [0.717, 1.165) is 37.3 Å². The van der Waals surface area contributed by atoms with Crippen molar-refractivity contribution in [1.82, 2.24) is 9.88 Å². The first-order valence-electron chi connectivity index (χ1n) is 7.12. The predicted octanol–water partition coefficient (Wildman–Crippen LogP) is 2.00. The molecule has 1 aromatic heterocycles. The lowest BCUT2D eigenvalue weighted by atomic mass is 9.84.